The SMILES string of the molecule is CC1(C)c2ccc(Br)cc2N2c3cc(Br)ccc3C(C)(C)c3cccc1c32. The van der Waals surface area contributed by atoms with E-state index in [9.17, 15) is 0 Å². The first-order chi connectivity index (χ1) is 12.7. The molecular weight excluding hydrogens is 462 g/mol. The fourth-order valence-corrected chi connectivity index (χ4v) is 5.59. The van der Waals surface area contributed by atoms with Crippen LogP contribution in [0.5, 0.6) is 0 Å². The van der Waals surface area contributed by atoms with Crippen LogP contribution in [0.3, 0.4) is 0 Å². The van der Waals surface area contributed by atoms with Crippen LogP contribution in [0, 0.1) is 0 Å². The molecule has 0 amide bonds. The molecule has 0 bridgehead atoms. The van der Waals surface area contributed by atoms with E-state index >= 15 is 0 Å². The van der Waals surface area contributed by atoms with Gasteiger partial charge in [-0.25, -0.2) is 0 Å². The molecule has 2 aliphatic heterocycles. The summed E-state index contributed by atoms with van der Waals surface area (Å²) in [7, 11) is 0. The van der Waals surface area contributed by atoms with E-state index < -0.39 is 0 Å². The van der Waals surface area contributed by atoms with Crippen molar-refractivity contribution in [3.05, 3.63) is 85.8 Å². The maximum Gasteiger partial charge on any atom is 0.0543 e. The van der Waals surface area contributed by atoms with Crippen molar-refractivity contribution >= 4 is 48.9 Å². The van der Waals surface area contributed by atoms with Gasteiger partial charge in [0.05, 0.1) is 17.1 Å². The Morgan fingerprint density at radius 1 is 0.630 bits per heavy atom. The highest BCUT2D eigenvalue weighted by atomic mass is 79.9. The molecule has 2 heterocycles. The molecule has 2 aliphatic rings. The number of para-hydroxylation sites is 1. The van der Waals surface area contributed by atoms with Crippen molar-refractivity contribution in [3.8, 4) is 0 Å². The largest absolute Gasteiger partial charge is 0.309 e. The van der Waals surface area contributed by atoms with Crippen LogP contribution in [0.25, 0.3) is 0 Å². The van der Waals surface area contributed by atoms with Gasteiger partial charge in [-0.1, -0.05) is 89.9 Å². The molecule has 136 valence electrons. The highest BCUT2D eigenvalue weighted by molar-refractivity contribution is 9.10. The summed E-state index contributed by atoms with van der Waals surface area (Å²) in [5, 5.41) is 0. The first-order valence-electron chi connectivity index (χ1n) is 9.27. The lowest BCUT2D eigenvalue weighted by Gasteiger charge is -2.49. The minimum absolute atomic E-state index is 0.0442. The van der Waals surface area contributed by atoms with E-state index in [1.165, 1.54) is 39.3 Å². The van der Waals surface area contributed by atoms with Crippen LogP contribution in [0.2, 0.25) is 0 Å². The second kappa shape index (κ2) is 5.48. The number of hydrogen-bond donors (Lipinski definition) is 0. The Kier molecular flexibility index (Phi) is 3.56. The van der Waals surface area contributed by atoms with E-state index in [1.807, 2.05) is 0 Å². The van der Waals surface area contributed by atoms with Gasteiger partial charge in [-0.2, -0.15) is 0 Å². The molecule has 3 aromatic carbocycles. The van der Waals surface area contributed by atoms with Gasteiger partial charge in [-0.3, -0.25) is 0 Å². The fourth-order valence-electron chi connectivity index (χ4n) is 4.89. The lowest BCUT2D eigenvalue weighted by atomic mass is 9.66. The second-order valence-corrected chi connectivity index (χ2v) is 10.4. The summed E-state index contributed by atoms with van der Waals surface area (Å²) in [5.41, 5.74) is 9.32. The standard InChI is InChI=1S/C24H21Br2N/c1-23(2)16-10-8-14(25)12-20(16)27-21-13-15(26)9-11-17(21)24(3,4)19-7-5-6-18(23)22(19)27/h5-13H,1-4H3. The number of rotatable bonds is 0. The zero-order valence-electron chi connectivity index (χ0n) is 15.9. The Morgan fingerprint density at radius 3 is 1.52 bits per heavy atom. The Balaban J connectivity index is 1.97. The van der Waals surface area contributed by atoms with Gasteiger partial charge < -0.3 is 4.90 Å². The summed E-state index contributed by atoms with van der Waals surface area (Å²) in [6, 6.07) is 20.2. The minimum Gasteiger partial charge on any atom is -0.309 e. The van der Waals surface area contributed by atoms with Gasteiger partial charge >= 0.3 is 0 Å². The molecule has 0 N–H and O–H groups in total. The maximum atomic E-state index is 3.70. The smallest absolute Gasteiger partial charge is 0.0543 e. The van der Waals surface area contributed by atoms with E-state index in [0.29, 0.717) is 0 Å². The lowest BCUT2D eigenvalue weighted by molar-refractivity contribution is 0.597. The predicted octanol–water partition coefficient (Wildman–Crippen LogP) is 7.96. The van der Waals surface area contributed by atoms with Crippen LogP contribution < -0.4 is 4.90 Å². The zero-order valence-corrected chi connectivity index (χ0v) is 19.1. The number of anilines is 3. The van der Waals surface area contributed by atoms with Crippen LogP contribution >= 0.6 is 31.9 Å². The van der Waals surface area contributed by atoms with Crippen LogP contribution in [0.15, 0.2) is 63.5 Å². The van der Waals surface area contributed by atoms with E-state index in [-0.39, 0.29) is 10.8 Å². The topological polar surface area (TPSA) is 3.24 Å². The number of halogens is 2. The molecule has 1 nitrogen and oxygen atoms in total. The second-order valence-electron chi connectivity index (χ2n) is 8.61. The molecule has 0 aromatic heterocycles. The van der Waals surface area contributed by atoms with Gasteiger partial charge in [-0.15, -0.1) is 0 Å². The maximum absolute atomic E-state index is 3.70. The third kappa shape index (κ3) is 2.22. The van der Waals surface area contributed by atoms with E-state index in [2.05, 4.69) is 119 Å². The zero-order chi connectivity index (χ0) is 19.1. The highest BCUT2D eigenvalue weighted by Crippen LogP contribution is 2.60. The van der Waals surface area contributed by atoms with Crippen LogP contribution in [0.1, 0.15) is 49.9 Å². The highest BCUT2D eigenvalue weighted by Gasteiger charge is 2.45. The van der Waals surface area contributed by atoms with Gasteiger partial charge in [0.25, 0.3) is 0 Å². The van der Waals surface area contributed by atoms with Gasteiger partial charge in [0, 0.05) is 19.8 Å². The average molecular weight is 483 g/mol. The lowest BCUT2D eigenvalue weighted by Crippen LogP contribution is -2.38. The number of benzene rings is 3. The molecule has 0 unspecified atom stereocenters. The predicted molar refractivity (Wildman–Crippen MR) is 121 cm³/mol. The molecule has 0 saturated carbocycles. The first kappa shape index (κ1) is 17.5. The quantitative estimate of drug-likeness (QED) is 0.314. The summed E-state index contributed by atoms with van der Waals surface area (Å²) in [5.74, 6) is 0. The van der Waals surface area contributed by atoms with E-state index in [1.54, 1.807) is 0 Å². The van der Waals surface area contributed by atoms with Crippen molar-refractivity contribution in [2.75, 3.05) is 4.90 Å². The summed E-state index contributed by atoms with van der Waals surface area (Å²) in [6.45, 7) is 9.37. The van der Waals surface area contributed by atoms with Crippen molar-refractivity contribution in [2.45, 2.75) is 38.5 Å². The molecule has 0 fully saturated rings. The molecule has 0 atom stereocenters. The van der Waals surface area contributed by atoms with Crippen LogP contribution in [-0.2, 0) is 10.8 Å². The molecule has 3 heteroatoms. The van der Waals surface area contributed by atoms with Crippen LogP contribution in [-0.4, -0.2) is 0 Å². The normalized spacial score (nSPS) is 17.8. The molecule has 5 rings (SSSR count). The minimum atomic E-state index is -0.0442. The van der Waals surface area contributed by atoms with Crippen LogP contribution in [0.4, 0.5) is 17.1 Å². The Bertz CT molecular complexity index is 1030. The van der Waals surface area contributed by atoms with E-state index in [0.717, 1.165) is 8.95 Å². The van der Waals surface area contributed by atoms with E-state index in [4.69, 9.17) is 0 Å². The number of hydrogen-bond acceptors (Lipinski definition) is 1. The van der Waals surface area contributed by atoms with Gasteiger partial charge in [-0.05, 0) is 46.5 Å². The number of fused-ring (bicyclic) bond motifs is 4. The molecule has 3 aromatic rings. The van der Waals surface area contributed by atoms with Crippen molar-refractivity contribution < 1.29 is 0 Å². The van der Waals surface area contributed by atoms with Crippen molar-refractivity contribution in [3.63, 3.8) is 0 Å². The molecular formula is C24H21Br2N. The van der Waals surface area contributed by atoms with Gasteiger partial charge in [0.2, 0.25) is 0 Å². The molecule has 0 spiro atoms. The third-order valence-electron chi connectivity index (χ3n) is 6.35. The van der Waals surface area contributed by atoms with Gasteiger partial charge in [0.1, 0.15) is 0 Å². The average Bonchev–Trinajstić information content (AvgIpc) is 2.60. The first-order valence-corrected chi connectivity index (χ1v) is 10.9. The van der Waals surface area contributed by atoms with Crippen molar-refractivity contribution in [2.24, 2.45) is 0 Å². The Morgan fingerprint density at radius 2 is 1.07 bits per heavy atom. The molecule has 0 saturated heterocycles. The Hall–Kier alpha value is -1.58. The fraction of sp³-hybridized carbons (Fsp3) is 0.250. The van der Waals surface area contributed by atoms with Gasteiger partial charge in [0.15, 0.2) is 0 Å². The molecule has 27 heavy (non-hydrogen) atoms. The monoisotopic (exact) mass is 481 g/mol. The summed E-state index contributed by atoms with van der Waals surface area (Å²) in [4.78, 5) is 2.47. The Labute approximate surface area is 177 Å². The van der Waals surface area contributed by atoms with Crippen molar-refractivity contribution in [1.29, 1.82) is 0 Å². The summed E-state index contributed by atoms with van der Waals surface area (Å²) >= 11 is 7.40. The molecule has 0 radical (unpaired) electrons. The molecule has 0 aliphatic carbocycles. The summed E-state index contributed by atoms with van der Waals surface area (Å²) < 4.78 is 2.22. The third-order valence-corrected chi connectivity index (χ3v) is 7.34. The summed E-state index contributed by atoms with van der Waals surface area (Å²) in [6.07, 6.45) is 0. The van der Waals surface area contributed by atoms with Crippen molar-refractivity contribution in [1.82, 2.24) is 0 Å². The number of nitrogens with zero attached hydrogens (tertiary/aromatic N) is 1.